The second kappa shape index (κ2) is 11.7. The van der Waals surface area contributed by atoms with Crippen molar-refractivity contribution in [2.75, 3.05) is 57.8 Å². The summed E-state index contributed by atoms with van der Waals surface area (Å²) in [4.78, 5) is 16.9. The number of piperazine rings is 1. The number of carbonyl (C=O) groups is 1. The first-order valence-corrected chi connectivity index (χ1v) is 9.67. The highest BCUT2D eigenvalue weighted by atomic mass is 35.5. The number of carbonyl (C=O) groups excluding carboxylic acids is 1. The molecule has 0 bridgehead atoms. The first kappa shape index (κ1) is 22.2. The van der Waals surface area contributed by atoms with Crippen LogP contribution in [0.2, 0.25) is 0 Å². The number of nitrogens with zero attached hydrogens (tertiary/aromatic N) is 2. The molecule has 0 saturated carbocycles. The standard InChI is InChI=1S/C22H29N3O2.ClH/c1-27-22-11-6-5-10-20(22)25-16-14-24(15-17-25)13-7-12-23-18-21(26)19-8-3-2-4-9-19;/h2-6,8-11,23H,7,12-18H2,1H3;1H. The maximum Gasteiger partial charge on any atom is 0.176 e. The van der Waals surface area contributed by atoms with Gasteiger partial charge < -0.3 is 15.0 Å². The Hall–Kier alpha value is -2.08. The van der Waals surface area contributed by atoms with Gasteiger partial charge in [0.1, 0.15) is 5.75 Å². The van der Waals surface area contributed by atoms with Crippen molar-refractivity contribution in [3.8, 4) is 5.75 Å². The molecule has 152 valence electrons. The number of anilines is 1. The molecule has 1 saturated heterocycles. The van der Waals surface area contributed by atoms with E-state index in [-0.39, 0.29) is 18.2 Å². The summed E-state index contributed by atoms with van der Waals surface area (Å²) in [6, 6.07) is 17.7. The van der Waals surface area contributed by atoms with Crippen molar-refractivity contribution in [1.82, 2.24) is 10.2 Å². The monoisotopic (exact) mass is 403 g/mol. The second-order valence-corrected chi connectivity index (χ2v) is 6.82. The molecule has 0 spiro atoms. The normalized spacial score (nSPS) is 14.4. The van der Waals surface area contributed by atoms with Gasteiger partial charge in [-0.2, -0.15) is 0 Å². The van der Waals surface area contributed by atoms with Crippen LogP contribution < -0.4 is 15.0 Å². The summed E-state index contributed by atoms with van der Waals surface area (Å²) in [5, 5.41) is 3.27. The van der Waals surface area contributed by atoms with E-state index in [2.05, 4.69) is 27.2 Å². The Morgan fingerprint density at radius 1 is 1.00 bits per heavy atom. The lowest BCUT2D eigenvalue weighted by Gasteiger charge is -2.36. The van der Waals surface area contributed by atoms with Crippen molar-refractivity contribution in [2.24, 2.45) is 0 Å². The number of methoxy groups -OCH3 is 1. The van der Waals surface area contributed by atoms with Gasteiger partial charge in [0.2, 0.25) is 0 Å². The number of ketones is 1. The number of Topliss-reactive ketones (excluding diaryl/α,β-unsaturated/α-hetero) is 1. The van der Waals surface area contributed by atoms with E-state index in [1.807, 2.05) is 42.5 Å². The third-order valence-corrected chi connectivity index (χ3v) is 5.01. The van der Waals surface area contributed by atoms with E-state index < -0.39 is 0 Å². The number of hydrogen-bond donors (Lipinski definition) is 1. The maximum atomic E-state index is 12.0. The van der Waals surface area contributed by atoms with Gasteiger partial charge in [-0.25, -0.2) is 0 Å². The molecular formula is C22H30ClN3O2. The van der Waals surface area contributed by atoms with E-state index in [0.717, 1.165) is 57.0 Å². The van der Waals surface area contributed by atoms with E-state index in [4.69, 9.17) is 4.74 Å². The van der Waals surface area contributed by atoms with Crippen molar-refractivity contribution in [2.45, 2.75) is 6.42 Å². The minimum atomic E-state index is 0. The van der Waals surface area contributed by atoms with Crippen molar-refractivity contribution in [1.29, 1.82) is 0 Å². The Morgan fingerprint density at radius 2 is 1.68 bits per heavy atom. The van der Waals surface area contributed by atoms with Gasteiger partial charge >= 0.3 is 0 Å². The highest BCUT2D eigenvalue weighted by molar-refractivity contribution is 5.97. The molecule has 1 aliphatic rings. The second-order valence-electron chi connectivity index (χ2n) is 6.82. The Labute approximate surface area is 174 Å². The zero-order valence-electron chi connectivity index (χ0n) is 16.5. The number of para-hydroxylation sites is 2. The predicted molar refractivity (Wildman–Crippen MR) is 117 cm³/mol. The number of hydrogen-bond acceptors (Lipinski definition) is 5. The molecule has 3 rings (SSSR count). The van der Waals surface area contributed by atoms with Gasteiger partial charge in [-0.3, -0.25) is 9.69 Å². The fourth-order valence-corrected chi connectivity index (χ4v) is 3.46. The van der Waals surface area contributed by atoms with E-state index in [1.54, 1.807) is 7.11 Å². The first-order valence-electron chi connectivity index (χ1n) is 9.67. The van der Waals surface area contributed by atoms with Crippen molar-refractivity contribution in [3.05, 3.63) is 60.2 Å². The molecule has 2 aromatic rings. The summed E-state index contributed by atoms with van der Waals surface area (Å²) >= 11 is 0. The summed E-state index contributed by atoms with van der Waals surface area (Å²) in [5.74, 6) is 1.10. The molecule has 5 nitrogen and oxygen atoms in total. The molecule has 0 unspecified atom stereocenters. The SMILES string of the molecule is COc1ccccc1N1CCN(CCCNCC(=O)c2ccccc2)CC1.Cl. The Balaban J connectivity index is 0.00000280. The Kier molecular flexibility index (Phi) is 9.28. The van der Waals surface area contributed by atoms with Crippen LogP contribution in [0.3, 0.4) is 0 Å². The minimum Gasteiger partial charge on any atom is -0.495 e. The van der Waals surface area contributed by atoms with Gasteiger partial charge in [-0.1, -0.05) is 42.5 Å². The molecule has 0 aromatic heterocycles. The van der Waals surface area contributed by atoms with E-state index >= 15 is 0 Å². The van der Waals surface area contributed by atoms with Gasteiger partial charge in [-0.05, 0) is 31.6 Å². The summed E-state index contributed by atoms with van der Waals surface area (Å²) in [6.07, 6.45) is 1.05. The lowest BCUT2D eigenvalue weighted by atomic mass is 10.1. The lowest BCUT2D eigenvalue weighted by molar-refractivity contribution is 0.0991. The van der Waals surface area contributed by atoms with Crippen molar-refractivity contribution < 1.29 is 9.53 Å². The molecule has 6 heteroatoms. The molecular weight excluding hydrogens is 374 g/mol. The minimum absolute atomic E-state index is 0. The lowest BCUT2D eigenvalue weighted by Crippen LogP contribution is -2.47. The summed E-state index contributed by atoms with van der Waals surface area (Å²) in [5.41, 5.74) is 1.96. The molecule has 1 fully saturated rings. The van der Waals surface area contributed by atoms with Crippen LogP contribution >= 0.6 is 12.4 Å². The van der Waals surface area contributed by atoms with Crippen LogP contribution in [-0.4, -0.2) is 63.6 Å². The van der Waals surface area contributed by atoms with Gasteiger partial charge in [0.15, 0.2) is 5.78 Å². The highest BCUT2D eigenvalue weighted by Crippen LogP contribution is 2.28. The van der Waals surface area contributed by atoms with Crippen LogP contribution in [0.25, 0.3) is 0 Å². The fraction of sp³-hybridized carbons (Fsp3) is 0.409. The average molecular weight is 404 g/mol. The van der Waals surface area contributed by atoms with Crippen LogP contribution in [0, 0.1) is 0 Å². The zero-order chi connectivity index (χ0) is 18.9. The van der Waals surface area contributed by atoms with Gasteiger partial charge in [-0.15, -0.1) is 12.4 Å². The van der Waals surface area contributed by atoms with Gasteiger partial charge in [0.05, 0.1) is 19.3 Å². The van der Waals surface area contributed by atoms with Crippen molar-refractivity contribution in [3.63, 3.8) is 0 Å². The summed E-state index contributed by atoms with van der Waals surface area (Å²) < 4.78 is 5.48. The van der Waals surface area contributed by atoms with Gasteiger partial charge in [0.25, 0.3) is 0 Å². The van der Waals surface area contributed by atoms with E-state index in [1.165, 1.54) is 5.69 Å². The average Bonchev–Trinajstić information content (AvgIpc) is 2.74. The fourth-order valence-electron chi connectivity index (χ4n) is 3.46. The number of nitrogens with one attached hydrogen (secondary N) is 1. The van der Waals surface area contributed by atoms with Crippen LogP contribution in [0.15, 0.2) is 54.6 Å². The molecule has 1 aliphatic heterocycles. The highest BCUT2D eigenvalue weighted by Gasteiger charge is 2.19. The van der Waals surface area contributed by atoms with E-state index in [9.17, 15) is 4.79 Å². The van der Waals surface area contributed by atoms with E-state index in [0.29, 0.717) is 6.54 Å². The molecule has 0 atom stereocenters. The van der Waals surface area contributed by atoms with Crippen LogP contribution in [0.5, 0.6) is 5.75 Å². The van der Waals surface area contributed by atoms with Crippen LogP contribution in [0.4, 0.5) is 5.69 Å². The molecule has 0 radical (unpaired) electrons. The maximum absolute atomic E-state index is 12.0. The third kappa shape index (κ3) is 6.23. The predicted octanol–water partition coefficient (Wildman–Crippen LogP) is 3.10. The van der Waals surface area contributed by atoms with Gasteiger partial charge in [0, 0.05) is 31.7 Å². The largest absolute Gasteiger partial charge is 0.495 e. The molecule has 1 heterocycles. The topological polar surface area (TPSA) is 44.8 Å². The van der Waals surface area contributed by atoms with Crippen LogP contribution in [-0.2, 0) is 0 Å². The van der Waals surface area contributed by atoms with Crippen molar-refractivity contribution >= 4 is 23.9 Å². The summed E-state index contributed by atoms with van der Waals surface area (Å²) in [7, 11) is 1.73. The summed E-state index contributed by atoms with van der Waals surface area (Å²) in [6.45, 7) is 6.48. The quantitative estimate of drug-likeness (QED) is 0.515. The third-order valence-electron chi connectivity index (χ3n) is 5.01. The zero-order valence-corrected chi connectivity index (χ0v) is 17.3. The molecule has 1 N–H and O–H groups in total. The molecule has 0 aliphatic carbocycles. The smallest absolute Gasteiger partial charge is 0.176 e. The molecule has 28 heavy (non-hydrogen) atoms. The van der Waals surface area contributed by atoms with Crippen LogP contribution in [0.1, 0.15) is 16.8 Å². The first-order chi connectivity index (χ1) is 13.3. The number of rotatable bonds is 9. The number of halogens is 1. The Bertz CT molecular complexity index is 719. The molecule has 0 amide bonds. The number of benzene rings is 2. The Morgan fingerprint density at radius 3 is 2.39 bits per heavy atom. The number of ether oxygens (including phenoxy) is 1. The molecule has 2 aromatic carbocycles.